The van der Waals surface area contributed by atoms with Crippen LogP contribution in [0.5, 0.6) is 5.75 Å². The van der Waals surface area contributed by atoms with Crippen molar-refractivity contribution in [3.05, 3.63) is 100 Å². The quantitative estimate of drug-likeness (QED) is 0.352. The smallest absolute Gasteiger partial charge is 0.331 e. The molecule has 0 saturated heterocycles. The van der Waals surface area contributed by atoms with Crippen molar-refractivity contribution in [3.63, 3.8) is 0 Å². The molecule has 3 rings (SSSR count). The summed E-state index contributed by atoms with van der Waals surface area (Å²) in [4.78, 5) is 24.0. The van der Waals surface area contributed by atoms with Gasteiger partial charge in [0.05, 0.1) is 0 Å². The zero-order valence-corrected chi connectivity index (χ0v) is 18.7. The van der Waals surface area contributed by atoms with Crippen LogP contribution in [0.4, 0.5) is 5.69 Å². The van der Waals surface area contributed by atoms with Gasteiger partial charge in [0.25, 0.3) is 5.91 Å². The number of nitrogens with one attached hydrogen (secondary N) is 1. The number of carbonyl (C=O) groups excluding carboxylic acids is 2. The summed E-state index contributed by atoms with van der Waals surface area (Å²) in [6, 6.07) is 20.5. The highest BCUT2D eigenvalue weighted by Gasteiger charge is 2.07. The number of ether oxygens (including phenoxy) is 2. The van der Waals surface area contributed by atoms with Gasteiger partial charge in [0.15, 0.2) is 6.61 Å². The van der Waals surface area contributed by atoms with E-state index in [9.17, 15) is 9.59 Å². The molecule has 0 bridgehead atoms. The van der Waals surface area contributed by atoms with Crippen molar-refractivity contribution in [3.8, 4) is 5.75 Å². The Labute approximate surface area is 192 Å². The minimum absolute atomic E-state index is 0.353. The van der Waals surface area contributed by atoms with E-state index in [2.05, 4.69) is 5.32 Å². The SMILES string of the molecule is Cc1ccc(C)c(NC(=O)COC(=O)C=Cc2ccc(OCc3ccc(Cl)cc3)cc2)c1. The Balaban J connectivity index is 1.44. The predicted octanol–water partition coefficient (Wildman–Crippen LogP) is 5.73. The van der Waals surface area contributed by atoms with Gasteiger partial charge in [-0.05, 0) is 72.5 Å². The number of carbonyl (C=O) groups is 2. The highest BCUT2D eigenvalue weighted by molar-refractivity contribution is 6.30. The fourth-order valence-electron chi connectivity index (χ4n) is 2.83. The first-order valence-corrected chi connectivity index (χ1v) is 10.5. The summed E-state index contributed by atoms with van der Waals surface area (Å²) in [7, 11) is 0. The third-order valence-corrected chi connectivity index (χ3v) is 4.88. The molecule has 1 N–H and O–H groups in total. The van der Waals surface area contributed by atoms with Crippen molar-refractivity contribution < 1.29 is 19.1 Å². The number of aryl methyl sites for hydroxylation is 2. The largest absolute Gasteiger partial charge is 0.489 e. The first-order valence-electron chi connectivity index (χ1n) is 10.1. The average molecular weight is 450 g/mol. The molecule has 0 aliphatic rings. The third kappa shape index (κ3) is 7.29. The Morgan fingerprint density at radius 3 is 2.41 bits per heavy atom. The number of halogens is 1. The van der Waals surface area contributed by atoms with E-state index in [-0.39, 0.29) is 12.5 Å². The van der Waals surface area contributed by atoms with Gasteiger partial charge in [0, 0.05) is 16.8 Å². The van der Waals surface area contributed by atoms with E-state index in [1.54, 1.807) is 6.08 Å². The van der Waals surface area contributed by atoms with Crippen LogP contribution in [0.15, 0.2) is 72.8 Å². The van der Waals surface area contributed by atoms with Gasteiger partial charge < -0.3 is 14.8 Å². The fraction of sp³-hybridized carbons (Fsp3) is 0.154. The molecule has 3 aromatic carbocycles. The van der Waals surface area contributed by atoms with Gasteiger partial charge >= 0.3 is 5.97 Å². The molecule has 0 unspecified atom stereocenters. The Hall–Kier alpha value is -3.57. The van der Waals surface area contributed by atoms with Crippen LogP contribution < -0.4 is 10.1 Å². The van der Waals surface area contributed by atoms with Gasteiger partial charge in [-0.25, -0.2) is 4.79 Å². The molecule has 164 valence electrons. The lowest BCUT2D eigenvalue weighted by Crippen LogP contribution is -2.20. The van der Waals surface area contributed by atoms with Crippen molar-refractivity contribution in [2.45, 2.75) is 20.5 Å². The lowest BCUT2D eigenvalue weighted by Gasteiger charge is -2.09. The number of hydrogen-bond donors (Lipinski definition) is 1. The van der Waals surface area contributed by atoms with Crippen LogP contribution in [0.2, 0.25) is 5.02 Å². The number of esters is 1. The van der Waals surface area contributed by atoms with Crippen molar-refractivity contribution in [2.75, 3.05) is 11.9 Å². The second kappa shape index (κ2) is 11.2. The molecule has 5 nitrogen and oxygen atoms in total. The average Bonchev–Trinajstić information content (AvgIpc) is 2.79. The van der Waals surface area contributed by atoms with Crippen LogP contribution in [0.25, 0.3) is 6.08 Å². The lowest BCUT2D eigenvalue weighted by atomic mass is 10.1. The molecule has 0 saturated carbocycles. The Bertz CT molecular complexity index is 1110. The van der Waals surface area contributed by atoms with Crippen molar-refractivity contribution in [1.29, 1.82) is 0 Å². The first kappa shape index (κ1) is 23.1. The van der Waals surface area contributed by atoms with Crippen LogP contribution >= 0.6 is 11.6 Å². The number of rotatable bonds is 8. The van der Waals surface area contributed by atoms with E-state index in [1.807, 2.05) is 80.6 Å². The first-order chi connectivity index (χ1) is 15.4. The summed E-state index contributed by atoms with van der Waals surface area (Å²) in [5.74, 6) is -0.269. The minimum Gasteiger partial charge on any atom is -0.489 e. The second-order valence-electron chi connectivity index (χ2n) is 7.29. The molecule has 0 aromatic heterocycles. The van der Waals surface area contributed by atoms with Gasteiger partial charge in [-0.1, -0.05) is 48.0 Å². The molecule has 1 amide bonds. The number of benzene rings is 3. The summed E-state index contributed by atoms with van der Waals surface area (Å²) < 4.78 is 10.8. The maximum absolute atomic E-state index is 12.0. The molecule has 3 aromatic rings. The molecule has 6 heteroatoms. The zero-order valence-electron chi connectivity index (χ0n) is 17.9. The van der Waals surface area contributed by atoms with E-state index in [0.717, 1.165) is 22.3 Å². The summed E-state index contributed by atoms with van der Waals surface area (Å²) in [5, 5.41) is 3.44. The standard InChI is InChI=1S/C26H24ClNO4/c1-18-3-4-19(2)24(15-18)28-25(29)17-32-26(30)14-9-20-7-12-23(13-8-20)31-16-21-5-10-22(27)11-6-21/h3-15H,16-17H2,1-2H3,(H,28,29). The normalized spacial score (nSPS) is 10.7. The van der Waals surface area contributed by atoms with Crippen LogP contribution in [0.3, 0.4) is 0 Å². The lowest BCUT2D eigenvalue weighted by molar-refractivity contribution is -0.142. The van der Waals surface area contributed by atoms with Crippen LogP contribution in [0, 0.1) is 13.8 Å². The molecule has 0 heterocycles. The van der Waals surface area contributed by atoms with Gasteiger partial charge in [0.1, 0.15) is 12.4 Å². The number of anilines is 1. The maximum atomic E-state index is 12.0. The zero-order chi connectivity index (χ0) is 22.9. The highest BCUT2D eigenvalue weighted by atomic mass is 35.5. The summed E-state index contributed by atoms with van der Waals surface area (Å²) >= 11 is 5.88. The molecular formula is C26H24ClNO4. The predicted molar refractivity (Wildman–Crippen MR) is 127 cm³/mol. The molecule has 0 spiro atoms. The summed E-state index contributed by atoms with van der Waals surface area (Å²) in [6.07, 6.45) is 2.91. The van der Waals surface area contributed by atoms with E-state index >= 15 is 0 Å². The van der Waals surface area contributed by atoms with Crippen molar-refractivity contribution in [1.82, 2.24) is 0 Å². The monoisotopic (exact) mass is 449 g/mol. The molecule has 32 heavy (non-hydrogen) atoms. The summed E-state index contributed by atoms with van der Waals surface area (Å²) in [5.41, 5.74) is 4.51. The molecular weight excluding hydrogens is 426 g/mol. The van der Waals surface area contributed by atoms with E-state index < -0.39 is 5.97 Å². The summed E-state index contributed by atoms with van der Waals surface area (Å²) in [6.45, 7) is 3.92. The highest BCUT2D eigenvalue weighted by Crippen LogP contribution is 2.17. The topological polar surface area (TPSA) is 64.6 Å². The molecule has 0 radical (unpaired) electrons. The van der Waals surface area contributed by atoms with Crippen LogP contribution in [-0.2, 0) is 20.9 Å². The van der Waals surface area contributed by atoms with Gasteiger partial charge in [-0.3, -0.25) is 4.79 Å². The second-order valence-corrected chi connectivity index (χ2v) is 7.73. The number of amides is 1. The minimum atomic E-state index is -0.593. The fourth-order valence-corrected chi connectivity index (χ4v) is 2.95. The molecule has 0 aliphatic carbocycles. The van der Waals surface area contributed by atoms with Gasteiger partial charge in [-0.15, -0.1) is 0 Å². The molecule has 0 aliphatic heterocycles. The van der Waals surface area contributed by atoms with E-state index in [0.29, 0.717) is 23.1 Å². The Kier molecular flexibility index (Phi) is 8.06. The molecule has 0 atom stereocenters. The molecule has 0 fully saturated rings. The van der Waals surface area contributed by atoms with E-state index in [4.69, 9.17) is 21.1 Å². The third-order valence-electron chi connectivity index (χ3n) is 4.62. The maximum Gasteiger partial charge on any atom is 0.331 e. The van der Waals surface area contributed by atoms with E-state index in [1.165, 1.54) is 6.08 Å². The Morgan fingerprint density at radius 1 is 0.969 bits per heavy atom. The number of hydrogen-bond acceptors (Lipinski definition) is 4. The van der Waals surface area contributed by atoms with Crippen LogP contribution in [0.1, 0.15) is 22.3 Å². The van der Waals surface area contributed by atoms with Crippen molar-refractivity contribution in [2.24, 2.45) is 0 Å². The van der Waals surface area contributed by atoms with Gasteiger partial charge in [-0.2, -0.15) is 0 Å². The van der Waals surface area contributed by atoms with Crippen molar-refractivity contribution >= 4 is 35.2 Å². The van der Waals surface area contributed by atoms with Crippen LogP contribution in [-0.4, -0.2) is 18.5 Å². The van der Waals surface area contributed by atoms with Gasteiger partial charge in [0.2, 0.25) is 0 Å². The Morgan fingerprint density at radius 2 is 1.69 bits per heavy atom.